The van der Waals surface area contributed by atoms with Crippen molar-refractivity contribution in [3.63, 3.8) is 0 Å². The minimum absolute atomic E-state index is 0.0745. The molecule has 0 aliphatic carbocycles. The molecule has 2 aromatic rings. The summed E-state index contributed by atoms with van der Waals surface area (Å²) in [6.45, 7) is 7.22. The third-order valence-corrected chi connectivity index (χ3v) is 4.12. The molecule has 2 aromatic heterocycles. The summed E-state index contributed by atoms with van der Waals surface area (Å²) in [6.07, 6.45) is 5.36. The smallest absolute Gasteiger partial charge is 0.411 e. The molecular formula is C19H26N4O4. The summed E-state index contributed by atoms with van der Waals surface area (Å²) < 4.78 is 16.6. The Morgan fingerprint density at radius 3 is 2.81 bits per heavy atom. The summed E-state index contributed by atoms with van der Waals surface area (Å²) >= 11 is 0. The molecule has 3 heterocycles. The lowest BCUT2D eigenvalue weighted by molar-refractivity contribution is -0.0874. The first-order chi connectivity index (χ1) is 12.9. The number of aromatic nitrogens is 3. The van der Waals surface area contributed by atoms with Crippen LogP contribution in [0, 0.1) is 5.41 Å². The molecule has 0 N–H and O–H groups in total. The van der Waals surface area contributed by atoms with Crippen molar-refractivity contribution in [3.05, 3.63) is 30.4 Å². The van der Waals surface area contributed by atoms with Crippen LogP contribution in [0.15, 0.2) is 29.0 Å². The molecule has 1 amide bonds. The number of likely N-dealkylation sites (tertiary alicyclic amines) is 1. The Morgan fingerprint density at radius 2 is 2.07 bits per heavy atom. The molecule has 0 radical (unpaired) electrons. The molecule has 1 atom stereocenters. The number of amides is 1. The van der Waals surface area contributed by atoms with Crippen LogP contribution < -0.4 is 0 Å². The Bertz CT molecular complexity index is 742. The van der Waals surface area contributed by atoms with Gasteiger partial charge in [-0.25, -0.2) is 4.79 Å². The molecule has 0 bridgehead atoms. The maximum Gasteiger partial charge on any atom is 0.411 e. The monoisotopic (exact) mass is 374 g/mol. The lowest BCUT2D eigenvalue weighted by atomic mass is 9.99. The van der Waals surface area contributed by atoms with E-state index in [0.29, 0.717) is 24.9 Å². The highest BCUT2D eigenvalue weighted by Crippen LogP contribution is 2.22. The van der Waals surface area contributed by atoms with E-state index in [-0.39, 0.29) is 24.3 Å². The zero-order valence-electron chi connectivity index (χ0n) is 16.1. The summed E-state index contributed by atoms with van der Waals surface area (Å²) in [5, 5.41) is 3.96. The first-order valence-electron chi connectivity index (χ1n) is 9.20. The van der Waals surface area contributed by atoms with Crippen molar-refractivity contribution >= 4 is 6.09 Å². The van der Waals surface area contributed by atoms with Gasteiger partial charge < -0.3 is 14.0 Å². The van der Waals surface area contributed by atoms with Gasteiger partial charge >= 0.3 is 6.09 Å². The Balaban J connectivity index is 1.57. The molecule has 0 aromatic carbocycles. The molecular weight excluding hydrogens is 348 g/mol. The number of ether oxygens (including phenoxy) is 2. The molecule has 3 rings (SSSR count). The van der Waals surface area contributed by atoms with Gasteiger partial charge in [-0.2, -0.15) is 4.98 Å². The van der Waals surface area contributed by atoms with Crippen LogP contribution in [0.5, 0.6) is 0 Å². The molecule has 1 saturated heterocycles. The number of hydrogen-bond acceptors (Lipinski definition) is 7. The van der Waals surface area contributed by atoms with E-state index in [1.807, 2.05) is 32.9 Å². The highest BCUT2D eigenvalue weighted by molar-refractivity contribution is 5.68. The van der Waals surface area contributed by atoms with E-state index < -0.39 is 0 Å². The summed E-state index contributed by atoms with van der Waals surface area (Å²) in [4.78, 5) is 22.4. The van der Waals surface area contributed by atoms with Gasteiger partial charge in [-0.1, -0.05) is 25.9 Å². The molecule has 8 heteroatoms. The minimum atomic E-state index is -0.345. The first-order valence-corrected chi connectivity index (χ1v) is 9.20. The molecule has 8 nitrogen and oxygen atoms in total. The average Bonchev–Trinajstić information content (AvgIpc) is 3.14. The van der Waals surface area contributed by atoms with Gasteiger partial charge in [0.1, 0.15) is 12.8 Å². The quantitative estimate of drug-likeness (QED) is 0.789. The van der Waals surface area contributed by atoms with Crippen molar-refractivity contribution in [3.8, 4) is 11.4 Å². The SMILES string of the molecule is CC(C)(C)COC(=O)N1CCCCC1OCc1nc(-c2ccncc2)no1. The maximum atomic E-state index is 12.4. The molecule has 1 unspecified atom stereocenters. The van der Waals surface area contributed by atoms with Crippen molar-refractivity contribution in [2.24, 2.45) is 5.41 Å². The first kappa shape index (κ1) is 19.3. The molecule has 146 valence electrons. The Labute approximate surface area is 158 Å². The number of carbonyl (C=O) groups excluding carboxylic acids is 1. The number of hydrogen-bond donors (Lipinski definition) is 0. The van der Waals surface area contributed by atoms with Gasteiger partial charge in [0.15, 0.2) is 0 Å². The number of nitrogens with zero attached hydrogens (tertiary/aromatic N) is 4. The van der Waals surface area contributed by atoms with Gasteiger partial charge in [0.05, 0.1) is 6.61 Å². The van der Waals surface area contributed by atoms with Crippen LogP contribution in [0.3, 0.4) is 0 Å². The number of carbonyl (C=O) groups is 1. The molecule has 27 heavy (non-hydrogen) atoms. The molecule has 1 fully saturated rings. The number of piperidine rings is 1. The van der Waals surface area contributed by atoms with E-state index >= 15 is 0 Å². The van der Waals surface area contributed by atoms with Crippen LogP contribution in [-0.4, -0.2) is 45.5 Å². The molecule has 1 aliphatic heterocycles. The van der Waals surface area contributed by atoms with E-state index in [2.05, 4.69) is 15.1 Å². The van der Waals surface area contributed by atoms with Crippen molar-refractivity contribution in [2.45, 2.75) is 52.9 Å². The highest BCUT2D eigenvalue weighted by atomic mass is 16.6. The lowest BCUT2D eigenvalue weighted by Gasteiger charge is -2.34. The topological polar surface area (TPSA) is 90.6 Å². The zero-order valence-corrected chi connectivity index (χ0v) is 16.1. The van der Waals surface area contributed by atoms with Crippen LogP contribution in [0.25, 0.3) is 11.4 Å². The van der Waals surface area contributed by atoms with Crippen LogP contribution in [0.4, 0.5) is 4.79 Å². The standard InChI is InChI=1S/C19H26N4O4/c1-19(2,3)13-26-18(24)23-11-5-4-6-16(23)25-12-15-21-17(22-27-15)14-7-9-20-10-8-14/h7-10,16H,4-6,11-13H2,1-3H3. The number of pyridine rings is 1. The predicted molar refractivity (Wildman–Crippen MR) is 97.5 cm³/mol. The Hall–Kier alpha value is -2.48. The second-order valence-corrected chi connectivity index (χ2v) is 7.82. The zero-order chi connectivity index (χ0) is 19.3. The highest BCUT2D eigenvalue weighted by Gasteiger charge is 2.30. The molecule has 0 spiro atoms. The Morgan fingerprint density at radius 1 is 1.30 bits per heavy atom. The second kappa shape index (κ2) is 8.47. The van der Waals surface area contributed by atoms with E-state index in [1.165, 1.54) is 0 Å². The fourth-order valence-corrected chi connectivity index (χ4v) is 2.74. The van der Waals surface area contributed by atoms with Crippen molar-refractivity contribution in [2.75, 3.05) is 13.2 Å². The normalized spacial score (nSPS) is 17.7. The minimum Gasteiger partial charge on any atom is -0.449 e. The summed E-state index contributed by atoms with van der Waals surface area (Å²) in [6, 6.07) is 3.62. The number of rotatable bonds is 5. The van der Waals surface area contributed by atoms with Gasteiger partial charge in [-0.05, 0) is 36.8 Å². The summed E-state index contributed by atoms with van der Waals surface area (Å²) in [5.74, 6) is 0.858. The van der Waals surface area contributed by atoms with Gasteiger partial charge in [0.2, 0.25) is 5.82 Å². The van der Waals surface area contributed by atoms with Crippen molar-refractivity contribution in [1.82, 2.24) is 20.0 Å². The fourth-order valence-electron chi connectivity index (χ4n) is 2.74. The fraction of sp³-hybridized carbons (Fsp3) is 0.579. The Kier molecular flexibility index (Phi) is 6.05. The van der Waals surface area contributed by atoms with Crippen LogP contribution in [-0.2, 0) is 16.1 Å². The lowest BCUT2D eigenvalue weighted by Crippen LogP contribution is -2.46. The van der Waals surface area contributed by atoms with Crippen molar-refractivity contribution < 1.29 is 18.8 Å². The van der Waals surface area contributed by atoms with Gasteiger partial charge in [0.25, 0.3) is 5.89 Å². The average molecular weight is 374 g/mol. The third kappa shape index (κ3) is 5.50. The maximum absolute atomic E-state index is 12.4. The second-order valence-electron chi connectivity index (χ2n) is 7.82. The predicted octanol–water partition coefficient (Wildman–Crippen LogP) is 3.64. The van der Waals surface area contributed by atoms with Gasteiger partial charge in [-0.15, -0.1) is 0 Å². The van der Waals surface area contributed by atoms with E-state index in [0.717, 1.165) is 24.8 Å². The van der Waals surface area contributed by atoms with E-state index in [1.54, 1.807) is 17.3 Å². The van der Waals surface area contributed by atoms with E-state index in [9.17, 15) is 4.79 Å². The third-order valence-electron chi connectivity index (χ3n) is 4.12. The van der Waals surface area contributed by atoms with Crippen molar-refractivity contribution in [1.29, 1.82) is 0 Å². The largest absolute Gasteiger partial charge is 0.449 e. The summed E-state index contributed by atoms with van der Waals surface area (Å²) in [5.41, 5.74) is 0.750. The molecule has 0 saturated carbocycles. The van der Waals surface area contributed by atoms with Crippen LogP contribution in [0.2, 0.25) is 0 Å². The van der Waals surface area contributed by atoms with Gasteiger partial charge in [-0.3, -0.25) is 9.88 Å². The van der Waals surface area contributed by atoms with E-state index in [4.69, 9.17) is 14.0 Å². The van der Waals surface area contributed by atoms with Gasteiger partial charge in [0, 0.05) is 24.5 Å². The molecule has 1 aliphatic rings. The van der Waals surface area contributed by atoms with Crippen LogP contribution in [0.1, 0.15) is 45.9 Å². The summed E-state index contributed by atoms with van der Waals surface area (Å²) in [7, 11) is 0. The van der Waals surface area contributed by atoms with Crippen LogP contribution >= 0.6 is 0 Å².